The fourth-order valence-corrected chi connectivity index (χ4v) is 2.39. The largest absolute Gasteiger partial charge is 0.298 e. The summed E-state index contributed by atoms with van der Waals surface area (Å²) < 4.78 is 0. The van der Waals surface area contributed by atoms with E-state index >= 15 is 0 Å². The van der Waals surface area contributed by atoms with Gasteiger partial charge in [0.25, 0.3) is 5.91 Å². The molecule has 1 aromatic carbocycles. The molecule has 0 aliphatic carbocycles. The number of hydrogen-bond donors (Lipinski definition) is 1. The van der Waals surface area contributed by atoms with Crippen molar-refractivity contribution in [1.29, 1.82) is 0 Å². The van der Waals surface area contributed by atoms with Crippen LogP contribution >= 0.6 is 34.5 Å². The van der Waals surface area contributed by atoms with E-state index in [0.29, 0.717) is 21.6 Å². The molecule has 1 heterocycles. The predicted octanol–water partition coefficient (Wildman–Crippen LogP) is 3.79. The molecule has 0 atom stereocenters. The smallest absolute Gasteiger partial charge is 0.258 e. The maximum Gasteiger partial charge on any atom is 0.258 e. The first kappa shape index (κ1) is 12.4. The van der Waals surface area contributed by atoms with E-state index in [1.807, 2.05) is 0 Å². The first-order chi connectivity index (χ1) is 8.20. The average molecular weight is 287 g/mol. The summed E-state index contributed by atoms with van der Waals surface area (Å²) in [7, 11) is 0. The summed E-state index contributed by atoms with van der Waals surface area (Å²) in [4.78, 5) is 16.0. The van der Waals surface area contributed by atoms with E-state index in [1.165, 1.54) is 11.3 Å². The summed E-state index contributed by atoms with van der Waals surface area (Å²) in [5.74, 6) is 0.0597. The molecule has 17 heavy (non-hydrogen) atoms. The second-order valence-electron chi connectivity index (χ2n) is 3.21. The van der Waals surface area contributed by atoms with Gasteiger partial charge in [-0.2, -0.15) is 0 Å². The fourth-order valence-electron chi connectivity index (χ4n) is 1.24. The molecule has 0 saturated heterocycles. The molecular formula is C11H8Cl2N2OS. The number of rotatable bonds is 3. The molecule has 1 N–H and O–H groups in total. The van der Waals surface area contributed by atoms with Gasteiger partial charge in [0, 0.05) is 5.38 Å². The Labute approximate surface area is 112 Å². The molecule has 6 heteroatoms. The average Bonchev–Trinajstić information content (AvgIpc) is 2.77. The number of carbonyl (C=O) groups is 1. The van der Waals surface area contributed by atoms with Crippen LogP contribution in [0.25, 0.3) is 0 Å². The molecule has 0 bridgehead atoms. The molecule has 2 aromatic rings. The number of carbonyl (C=O) groups excluding carboxylic acids is 1. The van der Waals surface area contributed by atoms with Gasteiger partial charge < -0.3 is 0 Å². The van der Waals surface area contributed by atoms with Crippen LogP contribution in [-0.4, -0.2) is 10.9 Å². The highest BCUT2D eigenvalue weighted by Gasteiger charge is 2.11. The Morgan fingerprint density at radius 1 is 1.41 bits per heavy atom. The number of nitrogens with zero attached hydrogens (tertiary/aromatic N) is 1. The summed E-state index contributed by atoms with van der Waals surface area (Å²) in [6.07, 6.45) is 0. The van der Waals surface area contributed by atoms with Crippen molar-refractivity contribution in [3.63, 3.8) is 0 Å². The number of alkyl halides is 1. The van der Waals surface area contributed by atoms with Crippen molar-refractivity contribution in [2.24, 2.45) is 0 Å². The van der Waals surface area contributed by atoms with Gasteiger partial charge in [0.1, 0.15) is 0 Å². The SMILES string of the molecule is O=C(Nc1nc(CCl)cs1)c1ccccc1Cl. The van der Waals surface area contributed by atoms with Gasteiger partial charge in [-0.1, -0.05) is 23.7 Å². The van der Waals surface area contributed by atoms with E-state index in [0.717, 1.165) is 5.69 Å². The van der Waals surface area contributed by atoms with Crippen molar-refractivity contribution in [2.45, 2.75) is 5.88 Å². The van der Waals surface area contributed by atoms with E-state index in [9.17, 15) is 4.79 Å². The highest BCUT2D eigenvalue weighted by Crippen LogP contribution is 2.20. The molecule has 0 fully saturated rings. The standard InChI is InChI=1S/C11H8Cl2N2OS/c12-5-7-6-17-11(14-7)15-10(16)8-3-1-2-4-9(8)13/h1-4,6H,5H2,(H,14,15,16). The second kappa shape index (κ2) is 5.49. The van der Waals surface area contributed by atoms with E-state index in [2.05, 4.69) is 10.3 Å². The molecule has 0 aliphatic heterocycles. The number of aromatic nitrogens is 1. The van der Waals surface area contributed by atoms with Crippen LogP contribution in [0.15, 0.2) is 29.6 Å². The molecule has 0 unspecified atom stereocenters. The number of benzene rings is 1. The first-order valence-electron chi connectivity index (χ1n) is 4.77. The summed E-state index contributed by atoms with van der Waals surface area (Å²) >= 11 is 12.9. The Hall–Kier alpha value is -1.10. The Morgan fingerprint density at radius 3 is 2.82 bits per heavy atom. The number of anilines is 1. The molecule has 1 aromatic heterocycles. The van der Waals surface area contributed by atoms with Gasteiger partial charge in [-0.15, -0.1) is 22.9 Å². The molecule has 0 spiro atoms. The monoisotopic (exact) mass is 286 g/mol. The molecule has 0 radical (unpaired) electrons. The van der Waals surface area contributed by atoms with Crippen molar-refractivity contribution < 1.29 is 4.79 Å². The lowest BCUT2D eigenvalue weighted by Gasteiger charge is -2.03. The third kappa shape index (κ3) is 2.97. The molecule has 0 aliphatic rings. The molecule has 2 rings (SSSR count). The van der Waals surface area contributed by atoms with Gasteiger partial charge in [0.05, 0.1) is 22.2 Å². The molecule has 3 nitrogen and oxygen atoms in total. The molecule has 0 saturated carbocycles. The maximum absolute atomic E-state index is 11.9. The lowest BCUT2D eigenvalue weighted by atomic mass is 10.2. The van der Waals surface area contributed by atoms with Crippen molar-refractivity contribution in [1.82, 2.24) is 4.98 Å². The van der Waals surface area contributed by atoms with Crippen molar-refractivity contribution in [3.05, 3.63) is 45.9 Å². The van der Waals surface area contributed by atoms with Crippen LogP contribution in [0.4, 0.5) is 5.13 Å². The first-order valence-corrected chi connectivity index (χ1v) is 6.56. The van der Waals surface area contributed by atoms with E-state index < -0.39 is 0 Å². The van der Waals surface area contributed by atoms with Gasteiger partial charge in [-0.25, -0.2) is 4.98 Å². The fraction of sp³-hybridized carbons (Fsp3) is 0.0909. The van der Waals surface area contributed by atoms with E-state index in [1.54, 1.807) is 29.6 Å². The van der Waals surface area contributed by atoms with Crippen LogP contribution in [0.5, 0.6) is 0 Å². The number of nitrogens with one attached hydrogen (secondary N) is 1. The van der Waals surface area contributed by atoms with Crippen LogP contribution in [0.2, 0.25) is 5.02 Å². The zero-order valence-electron chi connectivity index (χ0n) is 8.61. The van der Waals surface area contributed by atoms with Gasteiger partial charge >= 0.3 is 0 Å². The zero-order chi connectivity index (χ0) is 12.3. The second-order valence-corrected chi connectivity index (χ2v) is 4.74. The molecule has 88 valence electrons. The summed E-state index contributed by atoms with van der Waals surface area (Å²) in [5, 5.41) is 5.41. The van der Waals surface area contributed by atoms with Crippen LogP contribution in [0, 0.1) is 0 Å². The minimum atomic E-state index is -0.272. The Bertz CT molecular complexity index is 542. The summed E-state index contributed by atoms with van der Waals surface area (Å²) in [5.41, 5.74) is 1.17. The molecular weight excluding hydrogens is 279 g/mol. The van der Waals surface area contributed by atoms with Crippen molar-refractivity contribution in [3.8, 4) is 0 Å². The third-order valence-electron chi connectivity index (χ3n) is 2.03. The third-order valence-corrected chi connectivity index (χ3v) is 3.44. The normalized spacial score (nSPS) is 10.2. The van der Waals surface area contributed by atoms with Crippen LogP contribution in [0.3, 0.4) is 0 Å². The Balaban J connectivity index is 2.14. The van der Waals surface area contributed by atoms with Crippen molar-refractivity contribution >= 4 is 45.6 Å². The van der Waals surface area contributed by atoms with E-state index in [-0.39, 0.29) is 5.91 Å². The Morgan fingerprint density at radius 2 is 2.18 bits per heavy atom. The Kier molecular flexibility index (Phi) is 3.99. The lowest BCUT2D eigenvalue weighted by molar-refractivity contribution is 0.102. The number of hydrogen-bond acceptors (Lipinski definition) is 3. The number of amides is 1. The number of halogens is 2. The lowest BCUT2D eigenvalue weighted by Crippen LogP contribution is -2.12. The summed E-state index contributed by atoms with van der Waals surface area (Å²) in [6, 6.07) is 6.86. The quantitative estimate of drug-likeness (QED) is 0.873. The van der Waals surface area contributed by atoms with Gasteiger partial charge in [-0.05, 0) is 12.1 Å². The highest BCUT2D eigenvalue weighted by atomic mass is 35.5. The highest BCUT2D eigenvalue weighted by molar-refractivity contribution is 7.14. The van der Waals surface area contributed by atoms with Gasteiger partial charge in [0.15, 0.2) is 5.13 Å². The van der Waals surface area contributed by atoms with Crippen LogP contribution < -0.4 is 5.32 Å². The summed E-state index contributed by atoms with van der Waals surface area (Å²) in [6.45, 7) is 0. The minimum Gasteiger partial charge on any atom is -0.298 e. The topological polar surface area (TPSA) is 42.0 Å². The zero-order valence-corrected chi connectivity index (χ0v) is 10.9. The van der Waals surface area contributed by atoms with Crippen LogP contribution in [0.1, 0.15) is 16.1 Å². The van der Waals surface area contributed by atoms with Gasteiger partial charge in [-0.3, -0.25) is 10.1 Å². The molecule has 1 amide bonds. The minimum absolute atomic E-state index is 0.272. The predicted molar refractivity (Wildman–Crippen MR) is 71.1 cm³/mol. The van der Waals surface area contributed by atoms with Gasteiger partial charge in [0.2, 0.25) is 0 Å². The van der Waals surface area contributed by atoms with Crippen LogP contribution in [-0.2, 0) is 5.88 Å². The number of thiazole rings is 1. The maximum atomic E-state index is 11.9. The van der Waals surface area contributed by atoms with E-state index in [4.69, 9.17) is 23.2 Å². The van der Waals surface area contributed by atoms with Crippen molar-refractivity contribution in [2.75, 3.05) is 5.32 Å².